The van der Waals surface area contributed by atoms with Gasteiger partial charge in [0.05, 0.1) is 84.8 Å². The third-order valence-electron chi connectivity index (χ3n) is 18.8. The number of esters is 2. The Morgan fingerprint density at radius 3 is 2.15 bits per heavy atom. The molecule has 7 heterocycles. The Morgan fingerprint density at radius 1 is 0.812 bits per heavy atom. The second kappa shape index (κ2) is 29.1. The van der Waals surface area contributed by atoms with Crippen molar-refractivity contribution >= 4 is 35.1 Å². The number of allylic oxidation sites excluding steroid dienone is 3. The van der Waals surface area contributed by atoms with Crippen molar-refractivity contribution in [1.82, 2.24) is 0 Å². The van der Waals surface area contributed by atoms with E-state index in [9.17, 15) is 54.9 Å². The lowest BCUT2D eigenvalue weighted by Crippen LogP contribution is -2.64. The van der Waals surface area contributed by atoms with E-state index in [1.165, 1.54) is 26.0 Å². The van der Waals surface area contributed by atoms with Gasteiger partial charge in [0.1, 0.15) is 29.9 Å². The number of aliphatic hydroxyl groups excluding tert-OH is 5. The number of halogens is 1. The molecule has 24 atom stereocenters. The van der Waals surface area contributed by atoms with E-state index in [0.717, 1.165) is 0 Å². The second-order valence-electron chi connectivity index (χ2n) is 26.4. The molecule has 0 aliphatic carbocycles. The number of hydrogen-bond acceptors (Lipinski definition) is 20. The van der Waals surface area contributed by atoms with Gasteiger partial charge in [-0.15, -0.1) is 0 Å². The molecule has 6 fully saturated rings. The lowest BCUT2D eigenvalue weighted by molar-refractivity contribution is -0.349. The predicted molar refractivity (Wildman–Crippen MR) is 311 cm³/mol. The number of ether oxygens (including phenoxy) is 9. The maximum atomic E-state index is 14.7. The number of Topliss-reactive ketones (excluding diaryl/α,β-unsaturated/α-hetero) is 2. The van der Waals surface area contributed by atoms with E-state index in [1.807, 2.05) is 19.1 Å². The maximum absolute atomic E-state index is 14.7. The number of aliphatic hydroxyl groups is 7. The van der Waals surface area contributed by atoms with Crippen molar-refractivity contribution in [2.75, 3.05) is 7.11 Å². The quantitative estimate of drug-likeness (QED) is 0.0729. The van der Waals surface area contributed by atoms with Crippen LogP contribution in [0.2, 0.25) is 0 Å². The van der Waals surface area contributed by atoms with Crippen LogP contribution in [0.1, 0.15) is 164 Å². The minimum atomic E-state index is -2.35. The summed E-state index contributed by atoms with van der Waals surface area (Å²) in [6, 6.07) is 0. The van der Waals surface area contributed by atoms with Gasteiger partial charge in [-0.25, -0.2) is 0 Å². The lowest BCUT2D eigenvalue weighted by atomic mass is 9.72. The summed E-state index contributed by atoms with van der Waals surface area (Å²) in [7, 11) is 1.58. The summed E-state index contributed by atoms with van der Waals surface area (Å²) in [5, 5.41) is 82.9. The molecule has 6 saturated heterocycles. The van der Waals surface area contributed by atoms with Crippen molar-refractivity contribution in [2.24, 2.45) is 29.6 Å². The first-order valence-corrected chi connectivity index (χ1v) is 31.0. The first kappa shape index (κ1) is 69.2. The molecule has 7 N–H and O–H groups in total. The fourth-order valence-electron chi connectivity index (χ4n) is 14.6. The van der Waals surface area contributed by atoms with Crippen LogP contribution in [0, 0.1) is 29.6 Å². The summed E-state index contributed by atoms with van der Waals surface area (Å²) >= 11 is 5.90. The van der Waals surface area contributed by atoms with Gasteiger partial charge in [-0.05, 0) is 63.4 Å². The van der Waals surface area contributed by atoms with E-state index in [0.29, 0.717) is 43.3 Å². The Kier molecular flexibility index (Phi) is 23.7. The zero-order valence-corrected chi connectivity index (χ0v) is 51.8. The molecule has 21 heteroatoms. The van der Waals surface area contributed by atoms with Gasteiger partial charge in [0.25, 0.3) is 0 Å². The molecule has 85 heavy (non-hydrogen) atoms. The van der Waals surface area contributed by atoms with Crippen LogP contribution in [0.5, 0.6) is 0 Å². The molecule has 0 aromatic carbocycles. The van der Waals surface area contributed by atoms with Crippen LogP contribution in [-0.2, 0) is 61.8 Å². The minimum Gasteiger partial charge on any atom is -0.462 e. The molecule has 0 amide bonds. The highest BCUT2D eigenvalue weighted by Crippen LogP contribution is 2.49. The first-order valence-electron chi connectivity index (χ1n) is 30.6. The summed E-state index contributed by atoms with van der Waals surface area (Å²) in [5.41, 5.74) is -0.401. The van der Waals surface area contributed by atoms with Gasteiger partial charge in [-0.2, -0.15) is 0 Å². The Balaban J connectivity index is 1.22. The Hall–Kier alpha value is -3.29. The SMILES string of the molecule is C=C(Cl)C=C[C@@H](O)CC(=C)C[C@H]1O[C@@H]2[C@H](C)[C@@H](CC(=O)C[C@H]3C[C@H](OC(C)=O)C[C@@]4(C[C@@](C)(O)C[C@H](CC(=C)[C@@H](C)C(OC(C)=O)[C@H](C)C(=O)C[C@@H]5C[C@H](OC)C[C@@]6(C[C@@H](O)C[C@H](C=CCCC[C@H]7O[C@](O)(C[C@H](O)[C@H]7C)[C@H]2O)O6)O5)O4)O3)[C@@H]1O. The minimum absolute atomic E-state index is 0.00858. The normalized spacial score (nSPS) is 44.2. The molecule has 1 unspecified atom stereocenters. The third-order valence-corrected chi connectivity index (χ3v) is 18.9. The van der Waals surface area contributed by atoms with Crippen molar-refractivity contribution in [3.63, 3.8) is 0 Å². The fraction of sp³-hybridized carbons (Fsp3) is 0.781. The van der Waals surface area contributed by atoms with Gasteiger partial charge in [0, 0.05) is 115 Å². The Bertz CT molecular complexity index is 2430. The standard InChI is InChI=1S/C64H97ClO20/c1-34(19-43(68)18-17-36(3)65)20-56-57(73)52-24-44(69)22-47-26-50(78-41(8)66)31-63(83-47)33-61(10,75)29-51(84-63)21-35(2)37(4)58(79-42(9)67)40(7)53(71)27-48-25-49(77-11)30-62(82-48)28-45(70)23-46(81-62)15-13-12-14-16-55-39(6)54(72)32-64(76,85-55)60(74)59(80-56)38(52)5/h13,15,17-18,37-40,43,45-52,54-60,68,70,72-76H,1-3,12,14,16,19-33H2,4-11H3/t37-,38-,39-,40-,43-,45+,46+,47+,48+,49+,50+,51+,52-,54+,55-,56-,57+,58?,59-,60+,61+,62-,63-,64-/m1/s1. The second-order valence-corrected chi connectivity index (χ2v) is 26.9. The number of ketones is 2. The molecule has 2 spiro atoms. The number of hydrogen-bond donors (Lipinski definition) is 7. The third kappa shape index (κ3) is 18.2. The largest absolute Gasteiger partial charge is 0.462 e. The van der Waals surface area contributed by atoms with Crippen molar-refractivity contribution < 1.29 is 97.6 Å². The highest BCUT2D eigenvalue weighted by molar-refractivity contribution is 6.30. The molecule has 0 aromatic rings. The molecule has 10 bridgehead atoms. The number of rotatable bonds is 9. The maximum Gasteiger partial charge on any atom is 0.302 e. The first-order chi connectivity index (χ1) is 39.8. The van der Waals surface area contributed by atoms with Crippen molar-refractivity contribution in [3.05, 3.63) is 60.2 Å². The topological polar surface area (TPSA) is 293 Å². The molecule has 20 nitrogen and oxygen atoms in total. The average Bonchev–Trinajstić information content (AvgIpc) is 1.35. The van der Waals surface area contributed by atoms with Crippen LogP contribution < -0.4 is 0 Å². The molecular weight excluding hydrogens is 1120 g/mol. The summed E-state index contributed by atoms with van der Waals surface area (Å²) < 4.78 is 57.6. The number of fused-ring (bicyclic) bond motifs is 8. The lowest BCUT2D eigenvalue weighted by Gasteiger charge is -2.52. The van der Waals surface area contributed by atoms with E-state index in [-0.39, 0.29) is 106 Å². The van der Waals surface area contributed by atoms with E-state index in [4.69, 9.17) is 54.2 Å². The van der Waals surface area contributed by atoms with Crippen molar-refractivity contribution in [2.45, 2.75) is 279 Å². The van der Waals surface area contributed by atoms with Crippen LogP contribution >= 0.6 is 11.6 Å². The van der Waals surface area contributed by atoms with Crippen LogP contribution in [0.25, 0.3) is 0 Å². The molecular formula is C64H97ClO20. The average molecular weight is 1220 g/mol. The number of carbonyl (C=O) groups is 4. The van der Waals surface area contributed by atoms with E-state index < -0.39 is 150 Å². The summed E-state index contributed by atoms with van der Waals surface area (Å²) in [6.07, 6.45) is -5.87. The van der Waals surface area contributed by atoms with Crippen LogP contribution in [-0.4, -0.2) is 181 Å². The van der Waals surface area contributed by atoms with Crippen molar-refractivity contribution in [3.8, 4) is 0 Å². The van der Waals surface area contributed by atoms with Gasteiger partial charge in [0.15, 0.2) is 17.4 Å². The van der Waals surface area contributed by atoms with Gasteiger partial charge in [0.2, 0.25) is 0 Å². The molecule has 480 valence electrons. The molecule has 7 rings (SSSR count). The summed E-state index contributed by atoms with van der Waals surface area (Å²) in [4.78, 5) is 54.6. The van der Waals surface area contributed by atoms with Crippen LogP contribution in [0.4, 0.5) is 0 Å². The molecule has 0 saturated carbocycles. The van der Waals surface area contributed by atoms with Gasteiger partial charge < -0.3 is 78.4 Å². The van der Waals surface area contributed by atoms with Crippen LogP contribution in [0.15, 0.2) is 60.2 Å². The number of carbonyl (C=O) groups excluding carboxylic acids is 4. The van der Waals surface area contributed by atoms with E-state index >= 15 is 0 Å². The highest BCUT2D eigenvalue weighted by Gasteiger charge is 2.57. The monoisotopic (exact) mass is 1220 g/mol. The Labute approximate surface area is 506 Å². The van der Waals surface area contributed by atoms with Gasteiger partial charge in [-0.1, -0.05) is 88.4 Å². The van der Waals surface area contributed by atoms with Gasteiger partial charge >= 0.3 is 11.9 Å². The smallest absolute Gasteiger partial charge is 0.302 e. The molecule has 7 aliphatic rings. The zero-order valence-electron chi connectivity index (χ0n) is 51.0. The summed E-state index contributed by atoms with van der Waals surface area (Å²) in [6.45, 7) is 23.3. The van der Waals surface area contributed by atoms with E-state index in [1.54, 1.807) is 34.8 Å². The summed E-state index contributed by atoms with van der Waals surface area (Å²) in [5.74, 6) is -10.7. The fourth-order valence-corrected chi connectivity index (χ4v) is 14.7. The van der Waals surface area contributed by atoms with Crippen molar-refractivity contribution in [1.29, 1.82) is 0 Å². The molecule has 0 aromatic heterocycles. The molecule has 7 aliphatic heterocycles. The highest BCUT2D eigenvalue weighted by atomic mass is 35.5. The van der Waals surface area contributed by atoms with E-state index in [2.05, 4.69) is 19.7 Å². The molecule has 0 radical (unpaired) electrons. The van der Waals surface area contributed by atoms with Gasteiger partial charge in [-0.3, -0.25) is 19.2 Å². The zero-order chi connectivity index (χ0) is 62.5. The Morgan fingerprint density at radius 2 is 1.47 bits per heavy atom. The van der Waals surface area contributed by atoms with Crippen LogP contribution in [0.3, 0.4) is 0 Å². The predicted octanol–water partition coefficient (Wildman–Crippen LogP) is 6.57. The number of methoxy groups -OCH3 is 1.